The number of ketones is 1. The second kappa shape index (κ2) is 8.43. The number of methoxy groups -OCH3 is 1. The van der Waals surface area contributed by atoms with Crippen LogP contribution in [0.5, 0.6) is 5.75 Å². The minimum Gasteiger partial charge on any atom is -0.484 e. The van der Waals surface area contributed by atoms with E-state index >= 15 is 0 Å². The van der Waals surface area contributed by atoms with Crippen LogP contribution >= 0.6 is 11.8 Å². The molecule has 0 aromatic heterocycles. The summed E-state index contributed by atoms with van der Waals surface area (Å²) < 4.78 is 10.1. The normalized spacial score (nSPS) is 22.0. The number of hydrogen-bond donors (Lipinski definition) is 2. The fraction of sp³-hybridized carbons (Fsp3) is 0.444. The van der Waals surface area contributed by atoms with Crippen LogP contribution in [0.1, 0.15) is 12.8 Å². The van der Waals surface area contributed by atoms with Crippen molar-refractivity contribution < 1.29 is 28.7 Å². The van der Waals surface area contributed by atoms with E-state index in [4.69, 9.17) is 9.47 Å². The maximum atomic E-state index is 12.3. The standard InChI is InChI=1S/C18H20N2O6S/c1-25-18(24)15(14(22)10-7-8-10)27-17-13(16(23)20-17)19-12(21)9-26-11-5-3-2-4-6-11/h2-6,10,13,15,17H,7-9H2,1H3,(H,19,21)(H,20,23)/t13-,15?,17-/m1/s1. The minimum atomic E-state index is -1.01. The molecule has 0 bridgehead atoms. The minimum absolute atomic E-state index is 0.121. The molecule has 9 heteroatoms. The molecule has 1 saturated heterocycles. The van der Waals surface area contributed by atoms with Gasteiger partial charge in [-0.05, 0) is 25.0 Å². The zero-order valence-corrected chi connectivity index (χ0v) is 15.5. The van der Waals surface area contributed by atoms with Gasteiger partial charge in [0.05, 0.1) is 7.11 Å². The number of amides is 2. The number of para-hydroxylation sites is 1. The molecule has 1 aromatic rings. The van der Waals surface area contributed by atoms with Gasteiger partial charge in [0.15, 0.2) is 17.6 Å². The number of Topliss-reactive ketones (excluding diaryl/α,β-unsaturated/α-hetero) is 1. The molecule has 2 aliphatic rings. The van der Waals surface area contributed by atoms with Gasteiger partial charge in [-0.3, -0.25) is 19.2 Å². The Labute approximate surface area is 160 Å². The van der Waals surface area contributed by atoms with Gasteiger partial charge in [-0.15, -0.1) is 11.8 Å². The summed E-state index contributed by atoms with van der Waals surface area (Å²) in [6.45, 7) is -0.243. The van der Waals surface area contributed by atoms with E-state index in [1.165, 1.54) is 7.11 Å². The zero-order chi connectivity index (χ0) is 19.4. The topological polar surface area (TPSA) is 111 Å². The summed E-state index contributed by atoms with van der Waals surface area (Å²) >= 11 is 0.997. The van der Waals surface area contributed by atoms with Gasteiger partial charge in [0.1, 0.15) is 17.2 Å². The lowest BCUT2D eigenvalue weighted by Gasteiger charge is -2.37. The van der Waals surface area contributed by atoms with Crippen LogP contribution in [0, 0.1) is 5.92 Å². The van der Waals surface area contributed by atoms with Gasteiger partial charge in [0, 0.05) is 5.92 Å². The molecule has 1 aliphatic carbocycles. The van der Waals surface area contributed by atoms with Crippen molar-refractivity contribution in [3.05, 3.63) is 30.3 Å². The molecule has 1 saturated carbocycles. The Morgan fingerprint density at radius 2 is 1.96 bits per heavy atom. The van der Waals surface area contributed by atoms with Crippen molar-refractivity contribution in [1.82, 2.24) is 10.6 Å². The van der Waals surface area contributed by atoms with Gasteiger partial charge < -0.3 is 20.1 Å². The van der Waals surface area contributed by atoms with Crippen LogP contribution in [0.15, 0.2) is 30.3 Å². The molecule has 8 nitrogen and oxygen atoms in total. The van der Waals surface area contributed by atoms with Gasteiger partial charge >= 0.3 is 5.97 Å². The molecule has 1 heterocycles. The van der Waals surface area contributed by atoms with Gasteiger partial charge in [-0.1, -0.05) is 18.2 Å². The van der Waals surface area contributed by atoms with Crippen molar-refractivity contribution in [3.8, 4) is 5.75 Å². The van der Waals surface area contributed by atoms with E-state index in [0.29, 0.717) is 5.75 Å². The molecule has 1 aromatic carbocycles. The number of esters is 1. The Balaban J connectivity index is 1.53. The predicted molar refractivity (Wildman–Crippen MR) is 96.9 cm³/mol. The summed E-state index contributed by atoms with van der Waals surface area (Å²) in [6, 6.07) is 7.99. The molecule has 3 atom stereocenters. The van der Waals surface area contributed by atoms with Gasteiger partial charge in [0.25, 0.3) is 5.91 Å². The van der Waals surface area contributed by atoms with Crippen molar-refractivity contribution in [2.75, 3.05) is 13.7 Å². The molecular formula is C18H20N2O6S. The fourth-order valence-electron chi connectivity index (χ4n) is 2.56. The Hall–Kier alpha value is -2.55. The van der Waals surface area contributed by atoms with Gasteiger partial charge in [0.2, 0.25) is 5.91 Å². The van der Waals surface area contributed by atoms with Crippen LogP contribution in [0.25, 0.3) is 0 Å². The number of β-lactam (4-membered cyclic amide) rings is 1. The van der Waals surface area contributed by atoms with Crippen LogP contribution in [0.3, 0.4) is 0 Å². The molecule has 0 spiro atoms. The number of hydrogen-bond acceptors (Lipinski definition) is 7. The molecule has 27 heavy (non-hydrogen) atoms. The Morgan fingerprint density at radius 1 is 1.26 bits per heavy atom. The number of nitrogens with one attached hydrogen (secondary N) is 2. The Bertz CT molecular complexity index is 737. The number of thioether (sulfide) groups is 1. The largest absolute Gasteiger partial charge is 0.484 e. The number of benzene rings is 1. The van der Waals surface area contributed by atoms with Crippen molar-refractivity contribution in [1.29, 1.82) is 0 Å². The van der Waals surface area contributed by atoms with E-state index in [2.05, 4.69) is 10.6 Å². The number of carbonyl (C=O) groups is 4. The third-order valence-corrected chi connectivity index (χ3v) is 5.62. The molecule has 144 valence electrons. The quantitative estimate of drug-likeness (QED) is 0.352. The average Bonchev–Trinajstić information content (AvgIpc) is 3.52. The molecule has 1 aliphatic heterocycles. The highest BCUT2D eigenvalue weighted by Gasteiger charge is 2.47. The molecular weight excluding hydrogens is 372 g/mol. The van der Waals surface area contributed by atoms with E-state index in [1.807, 2.05) is 6.07 Å². The van der Waals surface area contributed by atoms with Crippen LogP contribution in [-0.4, -0.2) is 53.9 Å². The highest BCUT2D eigenvalue weighted by atomic mass is 32.2. The van der Waals surface area contributed by atoms with E-state index in [-0.39, 0.29) is 24.2 Å². The van der Waals surface area contributed by atoms with Crippen LogP contribution in [0.2, 0.25) is 0 Å². The summed E-state index contributed by atoms with van der Waals surface area (Å²) in [6.07, 6.45) is 1.53. The summed E-state index contributed by atoms with van der Waals surface area (Å²) in [5.41, 5.74) is 0. The first kappa shape index (κ1) is 19.2. The zero-order valence-electron chi connectivity index (χ0n) is 14.7. The summed E-state index contributed by atoms with van der Waals surface area (Å²) in [5, 5.41) is 3.59. The first-order chi connectivity index (χ1) is 13.0. The summed E-state index contributed by atoms with van der Waals surface area (Å²) in [5.74, 6) is -1.25. The predicted octanol–water partition coefficient (Wildman–Crippen LogP) is 0.260. The SMILES string of the molecule is COC(=O)C(S[C@H]1NC(=O)[C@H]1NC(=O)COc1ccccc1)C(=O)C1CC1. The third kappa shape index (κ3) is 4.79. The highest BCUT2D eigenvalue weighted by molar-refractivity contribution is 8.02. The lowest BCUT2D eigenvalue weighted by Crippen LogP contribution is -2.68. The van der Waals surface area contributed by atoms with Crippen LogP contribution < -0.4 is 15.4 Å². The second-order valence-corrected chi connectivity index (χ2v) is 7.54. The molecule has 3 rings (SSSR count). The molecule has 1 unspecified atom stereocenters. The van der Waals surface area contributed by atoms with E-state index in [9.17, 15) is 19.2 Å². The van der Waals surface area contributed by atoms with Crippen molar-refractivity contribution in [2.45, 2.75) is 29.5 Å². The third-order valence-electron chi connectivity index (χ3n) is 4.24. The second-order valence-electron chi connectivity index (χ2n) is 6.29. The first-order valence-corrected chi connectivity index (χ1v) is 9.48. The molecule has 2 N–H and O–H groups in total. The molecule has 2 amide bonds. The monoisotopic (exact) mass is 392 g/mol. The van der Waals surface area contributed by atoms with Crippen LogP contribution in [0.4, 0.5) is 0 Å². The smallest absolute Gasteiger partial charge is 0.326 e. The lowest BCUT2D eigenvalue weighted by molar-refractivity contribution is -0.143. The van der Waals surface area contributed by atoms with E-state index in [1.54, 1.807) is 24.3 Å². The van der Waals surface area contributed by atoms with Crippen molar-refractivity contribution in [3.63, 3.8) is 0 Å². The number of carbonyl (C=O) groups excluding carboxylic acids is 4. The molecule has 0 radical (unpaired) electrons. The number of rotatable bonds is 9. The Kier molecular flexibility index (Phi) is 6.00. The van der Waals surface area contributed by atoms with Crippen molar-refractivity contribution in [2.24, 2.45) is 5.92 Å². The summed E-state index contributed by atoms with van der Waals surface area (Å²) in [7, 11) is 1.22. The van der Waals surface area contributed by atoms with Crippen LogP contribution in [-0.2, 0) is 23.9 Å². The Morgan fingerprint density at radius 3 is 2.56 bits per heavy atom. The van der Waals surface area contributed by atoms with Gasteiger partial charge in [-0.2, -0.15) is 0 Å². The first-order valence-electron chi connectivity index (χ1n) is 8.54. The lowest BCUT2D eigenvalue weighted by atomic mass is 10.1. The van der Waals surface area contributed by atoms with Gasteiger partial charge in [-0.25, -0.2) is 0 Å². The maximum absolute atomic E-state index is 12.3. The van der Waals surface area contributed by atoms with Crippen molar-refractivity contribution >= 4 is 35.3 Å². The molecule has 2 fully saturated rings. The number of ether oxygens (including phenoxy) is 2. The van der Waals surface area contributed by atoms with E-state index < -0.39 is 28.5 Å². The van der Waals surface area contributed by atoms with E-state index in [0.717, 1.165) is 24.6 Å². The highest BCUT2D eigenvalue weighted by Crippen LogP contribution is 2.36. The summed E-state index contributed by atoms with van der Waals surface area (Å²) in [4.78, 5) is 48.1. The fourth-order valence-corrected chi connectivity index (χ4v) is 3.92. The average molecular weight is 392 g/mol. The maximum Gasteiger partial charge on any atom is 0.326 e.